The van der Waals surface area contributed by atoms with Crippen LogP contribution in [0, 0.1) is 0 Å². The second-order valence-corrected chi connectivity index (χ2v) is 5.07. The molecule has 20 heavy (non-hydrogen) atoms. The first kappa shape index (κ1) is 14.4. The molecule has 4 nitrogen and oxygen atoms in total. The molecule has 0 aliphatic heterocycles. The zero-order chi connectivity index (χ0) is 14.5. The molecule has 1 saturated carbocycles. The first-order valence-corrected chi connectivity index (χ1v) is 6.86. The number of carboxylic acid groups (broad SMARTS) is 1. The molecule has 0 radical (unpaired) electrons. The van der Waals surface area contributed by atoms with Gasteiger partial charge in [-0.1, -0.05) is 6.07 Å². The molecule has 1 fully saturated rings. The summed E-state index contributed by atoms with van der Waals surface area (Å²) in [5.74, 6) is 0.451. The molecule has 0 atom stereocenters. The van der Waals surface area contributed by atoms with Crippen LogP contribution in [0.15, 0.2) is 23.8 Å². The SMILES string of the molecule is COc1ccc(/C=C(/C)C(=O)O)cc1OC1CCCC1. The minimum atomic E-state index is -0.918. The molecule has 1 N–H and O–H groups in total. The maximum atomic E-state index is 10.9. The van der Waals surface area contributed by atoms with Crippen molar-refractivity contribution in [3.8, 4) is 11.5 Å². The molecular weight excluding hydrogens is 256 g/mol. The Balaban J connectivity index is 2.23. The zero-order valence-electron chi connectivity index (χ0n) is 11.9. The molecule has 108 valence electrons. The summed E-state index contributed by atoms with van der Waals surface area (Å²) < 4.78 is 11.3. The summed E-state index contributed by atoms with van der Waals surface area (Å²) in [5.41, 5.74) is 1.10. The Morgan fingerprint density at radius 1 is 1.30 bits per heavy atom. The first-order valence-electron chi connectivity index (χ1n) is 6.86. The highest BCUT2D eigenvalue weighted by Gasteiger charge is 2.18. The predicted octanol–water partition coefficient (Wildman–Crippen LogP) is 3.50. The maximum absolute atomic E-state index is 10.9. The molecule has 1 aromatic carbocycles. The lowest BCUT2D eigenvalue weighted by molar-refractivity contribution is -0.132. The molecule has 0 amide bonds. The highest BCUT2D eigenvalue weighted by Crippen LogP contribution is 2.32. The van der Waals surface area contributed by atoms with Crippen LogP contribution in [0.1, 0.15) is 38.2 Å². The largest absolute Gasteiger partial charge is 0.493 e. The number of methoxy groups -OCH3 is 1. The van der Waals surface area contributed by atoms with Gasteiger partial charge in [0, 0.05) is 5.57 Å². The predicted molar refractivity (Wildman–Crippen MR) is 77.2 cm³/mol. The number of rotatable bonds is 5. The van der Waals surface area contributed by atoms with Gasteiger partial charge in [0.1, 0.15) is 0 Å². The molecule has 1 aliphatic carbocycles. The van der Waals surface area contributed by atoms with Gasteiger partial charge in [0.05, 0.1) is 13.2 Å². The van der Waals surface area contributed by atoms with Crippen LogP contribution >= 0.6 is 0 Å². The molecule has 0 bridgehead atoms. The fourth-order valence-corrected chi connectivity index (χ4v) is 2.37. The molecule has 4 heteroatoms. The lowest BCUT2D eigenvalue weighted by atomic mass is 10.1. The second kappa shape index (κ2) is 6.46. The second-order valence-electron chi connectivity index (χ2n) is 5.07. The van der Waals surface area contributed by atoms with E-state index < -0.39 is 5.97 Å². The van der Waals surface area contributed by atoms with Crippen LogP contribution in [-0.2, 0) is 4.79 Å². The van der Waals surface area contributed by atoms with Gasteiger partial charge in [0.25, 0.3) is 0 Å². The van der Waals surface area contributed by atoms with E-state index in [9.17, 15) is 4.79 Å². The Kier molecular flexibility index (Phi) is 4.66. The molecule has 1 aliphatic rings. The summed E-state index contributed by atoms with van der Waals surface area (Å²) in [6.45, 7) is 1.57. The minimum absolute atomic E-state index is 0.240. The van der Waals surface area contributed by atoms with Crippen molar-refractivity contribution in [2.45, 2.75) is 38.7 Å². The summed E-state index contributed by atoms with van der Waals surface area (Å²) in [5, 5.41) is 8.92. The van der Waals surface area contributed by atoms with E-state index in [4.69, 9.17) is 14.6 Å². The Labute approximate surface area is 119 Å². The van der Waals surface area contributed by atoms with Crippen molar-refractivity contribution in [2.24, 2.45) is 0 Å². The number of aliphatic carboxylic acids is 1. The van der Waals surface area contributed by atoms with Gasteiger partial charge in [-0.25, -0.2) is 4.79 Å². The van der Waals surface area contributed by atoms with Gasteiger partial charge in [-0.2, -0.15) is 0 Å². The van der Waals surface area contributed by atoms with Gasteiger partial charge >= 0.3 is 5.97 Å². The third-order valence-corrected chi connectivity index (χ3v) is 3.50. The molecule has 0 unspecified atom stereocenters. The lowest BCUT2D eigenvalue weighted by Gasteiger charge is -2.16. The third-order valence-electron chi connectivity index (χ3n) is 3.50. The number of hydrogen-bond donors (Lipinski definition) is 1. The number of hydrogen-bond acceptors (Lipinski definition) is 3. The van der Waals surface area contributed by atoms with Crippen molar-refractivity contribution >= 4 is 12.0 Å². The number of ether oxygens (including phenoxy) is 2. The average molecular weight is 276 g/mol. The van der Waals surface area contributed by atoms with E-state index in [0.717, 1.165) is 18.4 Å². The summed E-state index contributed by atoms with van der Waals surface area (Å²) in [6, 6.07) is 5.47. The van der Waals surface area contributed by atoms with Crippen LogP contribution in [0.2, 0.25) is 0 Å². The van der Waals surface area contributed by atoms with Crippen molar-refractivity contribution in [3.05, 3.63) is 29.3 Å². The molecule has 1 aromatic rings. The monoisotopic (exact) mass is 276 g/mol. The third kappa shape index (κ3) is 3.53. The molecule has 2 rings (SSSR count). The van der Waals surface area contributed by atoms with Crippen LogP contribution in [0.4, 0.5) is 0 Å². The summed E-state index contributed by atoms with van der Waals surface area (Å²) >= 11 is 0. The molecule has 0 heterocycles. The highest BCUT2D eigenvalue weighted by molar-refractivity contribution is 5.91. The molecular formula is C16H20O4. The molecule has 0 spiro atoms. The Morgan fingerprint density at radius 3 is 2.60 bits per heavy atom. The standard InChI is InChI=1S/C16H20O4/c1-11(16(17)18)9-12-7-8-14(19-2)15(10-12)20-13-5-3-4-6-13/h7-10,13H,3-6H2,1-2H3,(H,17,18)/b11-9-. The van der Waals surface area contributed by atoms with Crippen molar-refractivity contribution < 1.29 is 19.4 Å². The normalized spacial score (nSPS) is 16.2. The van der Waals surface area contributed by atoms with Gasteiger partial charge in [-0.05, 0) is 56.4 Å². The van der Waals surface area contributed by atoms with Crippen LogP contribution in [0.3, 0.4) is 0 Å². The van der Waals surface area contributed by atoms with E-state index in [1.165, 1.54) is 12.8 Å². The van der Waals surface area contributed by atoms with E-state index >= 15 is 0 Å². The quantitative estimate of drug-likeness (QED) is 0.836. The first-order chi connectivity index (χ1) is 9.60. The van der Waals surface area contributed by atoms with E-state index in [1.54, 1.807) is 20.1 Å². The van der Waals surface area contributed by atoms with Crippen molar-refractivity contribution in [1.29, 1.82) is 0 Å². The Hall–Kier alpha value is -1.97. The fraction of sp³-hybridized carbons (Fsp3) is 0.438. The van der Waals surface area contributed by atoms with Gasteiger partial charge < -0.3 is 14.6 Å². The maximum Gasteiger partial charge on any atom is 0.331 e. The number of carboxylic acids is 1. The van der Waals surface area contributed by atoms with Gasteiger partial charge in [0.2, 0.25) is 0 Å². The van der Waals surface area contributed by atoms with Crippen LogP contribution in [-0.4, -0.2) is 24.3 Å². The van der Waals surface area contributed by atoms with Crippen molar-refractivity contribution in [2.75, 3.05) is 7.11 Å². The molecule has 0 aromatic heterocycles. The smallest absolute Gasteiger partial charge is 0.331 e. The number of benzene rings is 1. The zero-order valence-corrected chi connectivity index (χ0v) is 11.9. The van der Waals surface area contributed by atoms with Gasteiger partial charge in [-0.3, -0.25) is 0 Å². The van der Waals surface area contributed by atoms with Crippen molar-refractivity contribution in [1.82, 2.24) is 0 Å². The van der Waals surface area contributed by atoms with E-state index in [0.29, 0.717) is 17.1 Å². The van der Waals surface area contributed by atoms with Gasteiger partial charge in [-0.15, -0.1) is 0 Å². The van der Waals surface area contributed by atoms with Crippen LogP contribution in [0.25, 0.3) is 6.08 Å². The lowest BCUT2D eigenvalue weighted by Crippen LogP contribution is -2.11. The Bertz CT molecular complexity index is 513. The minimum Gasteiger partial charge on any atom is -0.493 e. The summed E-state index contributed by atoms with van der Waals surface area (Å²) in [4.78, 5) is 10.9. The van der Waals surface area contributed by atoms with Crippen molar-refractivity contribution in [3.63, 3.8) is 0 Å². The van der Waals surface area contributed by atoms with Crippen LogP contribution in [0.5, 0.6) is 11.5 Å². The van der Waals surface area contributed by atoms with E-state index in [2.05, 4.69) is 0 Å². The Morgan fingerprint density at radius 2 is 2.00 bits per heavy atom. The fourth-order valence-electron chi connectivity index (χ4n) is 2.37. The van der Waals surface area contributed by atoms with Crippen LogP contribution < -0.4 is 9.47 Å². The highest BCUT2D eigenvalue weighted by atomic mass is 16.5. The average Bonchev–Trinajstić information content (AvgIpc) is 2.92. The van der Waals surface area contributed by atoms with E-state index in [1.807, 2.05) is 18.2 Å². The van der Waals surface area contributed by atoms with Gasteiger partial charge in [0.15, 0.2) is 11.5 Å². The summed E-state index contributed by atoms with van der Waals surface area (Å²) in [6.07, 6.45) is 6.40. The van der Waals surface area contributed by atoms with E-state index in [-0.39, 0.29) is 6.10 Å². The number of carbonyl (C=O) groups is 1. The molecule has 0 saturated heterocycles. The topological polar surface area (TPSA) is 55.8 Å². The summed E-state index contributed by atoms with van der Waals surface area (Å²) in [7, 11) is 1.61.